The Hall–Kier alpha value is -3.55. The molecule has 3 aromatic heterocycles. The van der Waals surface area contributed by atoms with Gasteiger partial charge in [0.15, 0.2) is 5.82 Å². The second-order valence-electron chi connectivity index (χ2n) is 7.74. The lowest BCUT2D eigenvalue weighted by Crippen LogP contribution is -2.38. The molecule has 1 fully saturated rings. The summed E-state index contributed by atoms with van der Waals surface area (Å²) in [4.78, 5) is 33.0. The minimum Gasteiger partial charge on any atom is -0.465 e. The molecular formula is C23H26N6O2. The van der Waals surface area contributed by atoms with E-state index >= 15 is 0 Å². The lowest BCUT2D eigenvalue weighted by Gasteiger charge is -2.34. The minimum atomic E-state index is -0.178. The molecular weight excluding hydrogens is 392 g/mol. The van der Waals surface area contributed by atoms with Gasteiger partial charge in [-0.3, -0.25) is 4.79 Å². The van der Waals surface area contributed by atoms with Crippen molar-refractivity contribution in [3.05, 3.63) is 65.3 Å². The van der Waals surface area contributed by atoms with Crippen LogP contribution in [0.25, 0.3) is 6.08 Å². The standard InChI is InChI=1S/C23H26N6O2/c1-15-13-16(2)26-23(25-15)28-20-14-17(3)24-22(27-20)19-8-4-5-11-29(19)21(30)10-9-18-7-6-12-31-18/h6-7,9-10,12-14,19H,4-5,8,11H2,1-3H3,(H,24,25,26,27,28)/b10-9+/t19-/m1/s1. The zero-order chi connectivity index (χ0) is 21.8. The number of rotatable bonds is 5. The Morgan fingerprint density at radius 2 is 1.87 bits per heavy atom. The molecule has 1 N–H and O–H groups in total. The van der Waals surface area contributed by atoms with Crippen LogP contribution in [0.1, 0.15) is 54.0 Å². The number of aryl methyl sites for hydroxylation is 3. The zero-order valence-electron chi connectivity index (χ0n) is 18.0. The van der Waals surface area contributed by atoms with Crippen LogP contribution < -0.4 is 5.32 Å². The van der Waals surface area contributed by atoms with E-state index < -0.39 is 0 Å². The number of likely N-dealkylation sites (tertiary alicyclic amines) is 1. The third-order valence-corrected chi connectivity index (χ3v) is 5.11. The Balaban J connectivity index is 1.58. The monoisotopic (exact) mass is 418 g/mol. The maximum absolute atomic E-state index is 12.9. The number of nitrogens with zero attached hydrogens (tertiary/aromatic N) is 5. The minimum absolute atomic E-state index is 0.0710. The third kappa shape index (κ3) is 5.14. The highest BCUT2D eigenvalue weighted by molar-refractivity contribution is 5.91. The molecule has 4 rings (SSSR count). The lowest BCUT2D eigenvalue weighted by atomic mass is 10.0. The van der Waals surface area contributed by atoms with E-state index in [1.54, 1.807) is 24.5 Å². The quantitative estimate of drug-likeness (QED) is 0.617. The van der Waals surface area contributed by atoms with Gasteiger partial charge in [0, 0.05) is 35.8 Å². The molecule has 160 valence electrons. The summed E-state index contributed by atoms with van der Waals surface area (Å²) in [5.74, 6) is 2.33. The number of nitrogens with one attached hydrogen (secondary N) is 1. The summed E-state index contributed by atoms with van der Waals surface area (Å²) in [6, 6.07) is 7.21. The van der Waals surface area contributed by atoms with Crippen LogP contribution in [0.4, 0.5) is 11.8 Å². The highest BCUT2D eigenvalue weighted by Gasteiger charge is 2.29. The van der Waals surface area contributed by atoms with Crippen LogP contribution in [0.15, 0.2) is 41.0 Å². The molecule has 0 bridgehead atoms. The molecule has 31 heavy (non-hydrogen) atoms. The Morgan fingerprint density at radius 3 is 2.61 bits per heavy atom. The van der Waals surface area contributed by atoms with Crippen molar-refractivity contribution in [1.29, 1.82) is 0 Å². The Bertz CT molecular complexity index is 1070. The molecule has 8 nitrogen and oxygen atoms in total. The van der Waals surface area contributed by atoms with Gasteiger partial charge < -0.3 is 14.6 Å². The summed E-state index contributed by atoms with van der Waals surface area (Å²) >= 11 is 0. The van der Waals surface area contributed by atoms with Crippen molar-refractivity contribution in [2.75, 3.05) is 11.9 Å². The zero-order valence-corrected chi connectivity index (χ0v) is 18.0. The molecule has 0 unspecified atom stereocenters. The first kappa shape index (κ1) is 20.7. The number of carbonyl (C=O) groups excluding carboxylic acids is 1. The number of anilines is 2. The molecule has 1 aliphatic heterocycles. The summed E-state index contributed by atoms with van der Waals surface area (Å²) in [6.45, 7) is 6.45. The smallest absolute Gasteiger partial charge is 0.247 e. The van der Waals surface area contributed by atoms with Crippen LogP contribution in [0, 0.1) is 20.8 Å². The molecule has 0 aliphatic carbocycles. The topological polar surface area (TPSA) is 97.0 Å². The van der Waals surface area contributed by atoms with Gasteiger partial charge in [-0.15, -0.1) is 0 Å². The molecule has 0 saturated carbocycles. The Labute approximate surface area is 181 Å². The highest BCUT2D eigenvalue weighted by Crippen LogP contribution is 2.30. The highest BCUT2D eigenvalue weighted by atomic mass is 16.3. The Morgan fingerprint density at radius 1 is 1.10 bits per heavy atom. The average Bonchev–Trinajstić information content (AvgIpc) is 3.24. The van der Waals surface area contributed by atoms with Gasteiger partial charge in [-0.25, -0.2) is 19.9 Å². The van der Waals surface area contributed by atoms with Gasteiger partial charge in [0.25, 0.3) is 0 Å². The van der Waals surface area contributed by atoms with Crippen molar-refractivity contribution in [3.8, 4) is 0 Å². The molecule has 1 amide bonds. The van der Waals surface area contributed by atoms with Crippen LogP contribution in [-0.4, -0.2) is 37.3 Å². The first-order chi connectivity index (χ1) is 15.0. The van der Waals surface area contributed by atoms with Gasteiger partial charge in [-0.2, -0.15) is 0 Å². The SMILES string of the molecule is Cc1cc(C)nc(Nc2cc(C)nc([C@H]3CCCCN3C(=O)/C=C/c3ccco3)n2)n1. The maximum Gasteiger partial charge on any atom is 0.247 e. The molecule has 0 radical (unpaired) electrons. The van der Waals surface area contributed by atoms with Crippen LogP contribution in [0.3, 0.4) is 0 Å². The van der Waals surface area contributed by atoms with E-state index in [0.717, 1.165) is 36.3 Å². The van der Waals surface area contributed by atoms with E-state index in [4.69, 9.17) is 9.40 Å². The number of hydrogen-bond acceptors (Lipinski definition) is 7. The van der Waals surface area contributed by atoms with Crippen LogP contribution in [0.2, 0.25) is 0 Å². The number of hydrogen-bond donors (Lipinski definition) is 1. The summed E-state index contributed by atoms with van der Waals surface area (Å²) in [7, 11) is 0. The fraction of sp³-hybridized carbons (Fsp3) is 0.348. The van der Waals surface area contributed by atoms with Crippen molar-refractivity contribution in [1.82, 2.24) is 24.8 Å². The van der Waals surface area contributed by atoms with Crippen molar-refractivity contribution < 1.29 is 9.21 Å². The van der Waals surface area contributed by atoms with Gasteiger partial charge in [-0.05, 0) is 64.3 Å². The fourth-order valence-electron chi connectivity index (χ4n) is 3.80. The van der Waals surface area contributed by atoms with Gasteiger partial charge >= 0.3 is 0 Å². The van der Waals surface area contributed by atoms with E-state index in [9.17, 15) is 4.79 Å². The summed E-state index contributed by atoms with van der Waals surface area (Å²) in [5, 5.41) is 3.19. The molecule has 0 spiro atoms. The summed E-state index contributed by atoms with van der Waals surface area (Å²) in [5.41, 5.74) is 2.59. The molecule has 3 aromatic rings. The first-order valence-electron chi connectivity index (χ1n) is 10.4. The lowest BCUT2D eigenvalue weighted by molar-refractivity contribution is -0.129. The Kier molecular flexibility index (Phi) is 6.06. The van der Waals surface area contributed by atoms with Crippen LogP contribution in [-0.2, 0) is 4.79 Å². The van der Waals surface area contributed by atoms with Gasteiger partial charge in [-0.1, -0.05) is 0 Å². The van der Waals surface area contributed by atoms with Crippen molar-refractivity contribution >= 4 is 23.7 Å². The number of piperidine rings is 1. The molecule has 4 heterocycles. The first-order valence-corrected chi connectivity index (χ1v) is 10.4. The normalized spacial score (nSPS) is 16.6. The van der Waals surface area contributed by atoms with E-state index in [1.165, 1.54) is 0 Å². The van der Waals surface area contributed by atoms with Crippen molar-refractivity contribution in [2.45, 2.75) is 46.1 Å². The second-order valence-corrected chi connectivity index (χ2v) is 7.74. The van der Waals surface area contributed by atoms with Crippen LogP contribution >= 0.6 is 0 Å². The summed E-state index contributed by atoms with van der Waals surface area (Å²) < 4.78 is 5.29. The fourth-order valence-corrected chi connectivity index (χ4v) is 3.80. The van der Waals surface area contributed by atoms with Crippen molar-refractivity contribution in [2.24, 2.45) is 0 Å². The molecule has 1 atom stereocenters. The molecule has 0 aromatic carbocycles. The number of aromatic nitrogens is 4. The van der Waals surface area contributed by atoms with E-state index in [1.807, 2.05) is 43.9 Å². The number of furan rings is 1. The van der Waals surface area contributed by atoms with E-state index in [2.05, 4.69) is 20.3 Å². The van der Waals surface area contributed by atoms with Crippen molar-refractivity contribution in [3.63, 3.8) is 0 Å². The van der Waals surface area contributed by atoms with Gasteiger partial charge in [0.2, 0.25) is 11.9 Å². The molecule has 1 saturated heterocycles. The largest absolute Gasteiger partial charge is 0.465 e. The average molecular weight is 419 g/mol. The van der Waals surface area contributed by atoms with E-state index in [0.29, 0.717) is 29.9 Å². The number of carbonyl (C=O) groups is 1. The molecule has 1 aliphatic rings. The predicted molar refractivity (Wildman–Crippen MR) is 118 cm³/mol. The van der Waals surface area contributed by atoms with Gasteiger partial charge in [0.1, 0.15) is 11.6 Å². The predicted octanol–water partition coefficient (Wildman–Crippen LogP) is 4.30. The van der Waals surface area contributed by atoms with Gasteiger partial charge in [0.05, 0.1) is 12.3 Å². The van der Waals surface area contributed by atoms with E-state index in [-0.39, 0.29) is 11.9 Å². The number of amides is 1. The third-order valence-electron chi connectivity index (χ3n) is 5.11. The molecule has 8 heteroatoms. The summed E-state index contributed by atoms with van der Waals surface area (Å²) in [6.07, 6.45) is 7.64. The van der Waals surface area contributed by atoms with Crippen LogP contribution in [0.5, 0.6) is 0 Å². The maximum atomic E-state index is 12.9. The second kappa shape index (κ2) is 9.07.